The first kappa shape index (κ1) is 19.4. The first-order valence-corrected chi connectivity index (χ1v) is 8.21. The summed E-state index contributed by atoms with van der Waals surface area (Å²) in [7, 11) is 0. The van der Waals surface area contributed by atoms with Crippen LogP contribution in [0.25, 0.3) is 0 Å². The zero-order valence-electron chi connectivity index (χ0n) is 14.5. The van der Waals surface area contributed by atoms with Gasteiger partial charge in [-0.25, -0.2) is 10.3 Å². The fourth-order valence-corrected chi connectivity index (χ4v) is 2.58. The minimum atomic E-state index is -1.00. The Morgan fingerprint density at radius 1 is 1.08 bits per heavy atom. The van der Waals surface area contributed by atoms with E-state index in [-0.39, 0.29) is 12.1 Å². The van der Waals surface area contributed by atoms with E-state index < -0.39 is 11.9 Å². The summed E-state index contributed by atoms with van der Waals surface area (Å²) in [5.41, 5.74) is 3.55. The second-order valence-electron chi connectivity index (χ2n) is 5.76. The van der Waals surface area contributed by atoms with E-state index in [1.54, 1.807) is 23.7 Å². The molecule has 0 aliphatic carbocycles. The van der Waals surface area contributed by atoms with Gasteiger partial charge in [-0.05, 0) is 42.3 Å². The van der Waals surface area contributed by atoms with Crippen molar-refractivity contribution in [3.05, 3.63) is 65.2 Å². The molecule has 0 aromatic heterocycles. The van der Waals surface area contributed by atoms with Crippen LogP contribution in [0.1, 0.15) is 28.4 Å². The molecule has 0 radical (unpaired) electrons. The largest absolute Gasteiger partial charge is 0.494 e. The molecule has 0 bridgehead atoms. The first-order chi connectivity index (χ1) is 12.5. The highest BCUT2D eigenvalue weighted by Gasteiger charge is 2.13. The molecule has 0 aliphatic heterocycles. The fourth-order valence-electron chi connectivity index (χ4n) is 2.58. The number of hydrogen-bond acceptors (Lipinski definition) is 5. The van der Waals surface area contributed by atoms with Crippen LogP contribution in [0.3, 0.4) is 0 Å². The van der Waals surface area contributed by atoms with Gasteiger partial charge in [0.2, 0.25) is 0 Å². The van der Waals surface area contributed by atoms with E-state index in [1.807, 2.05) is 36.1 Å². The summed E-state index contributed by atoms with van der Waals surface area (Å²) in [5.74, 6) is -0.770. The van der Waals surface area contributed by atoms with E-state index in [0.717, 1.165) is 16.9 Å². The molecular formula is C19H22N2O5. The van der Waals surface area contributed by atoms with Gasteiger partial charge in [0, 0.05) is 13.1 Å². The maximum Gasteiger partial charge on any atom is 0.335 e. The number of ether oxygens (including phenoxy) is 1. The minimum Gasteiger partial charge on any atom is -0.494 e. The number of rotatable bonds is 9. The topological polar surface area (TPSA) is 99.1 Å². The Hall–Kier alpha value is -2.90. The van der Waals surface area contributed by atoms with E-state index >= 15 is 0 Å². The van der Waals surface area contributed by atoms with Gasteiger partial charge in [-0.3, -0.25) is 14.9 Å². The van der Waals surface area contributed by atoms with E-state index in [1.165, 1.54) is 6.07 Å². The molecule has 0 unspecified atom stereocenters. The molecule has 26 heavy (non-hydrogen) atoms. The molecule has 7 heteroatoms. The summed E-state index contributed by atoms with van der Waals surface area (Å²) in [4.78, 5) is 24.5. The van der Waals surface area contributed by atoms with E-state index in [9.17, 15) is 9.59 Å². The molecule has 1 amide bonds. The first-order valence-electron chi connectivity index (χ1n) is 8.21. The molecule has 0 fully saturated rings. The molecule has 0 spiro atoms. The van der Waals surface area contributed by atoms with Gasteiger partial charge in [0.25, 0.3) is 5.91 Å². The van der Waals surface area contributed by atoms with Crippen molar-refractivity contribution < 1.29 is 24.6 Å². The number of carboxylic acids is 1. The van der Waals surface area contributed by atoms with Crippen molar-refractivity contribution in [2.24, 2.45) is 0 Å². The molecule has 2 aromatic carbocycles. The van der Waals surface area contributed by atoms with Crippen LogP contribution in [0, 0.1) is 0 Å². The second kappa shape index (κ2) is 9.55. The predicted molar refractivity (Wildman–Crippen MR) is 95.1 cm³/mol. The van der Waals surface area contributed by atoms with E-state index in [4.69, 9.17) is 15.1 Å². The molecule has 3 N–H and O–H groups in total. The summed E-state index contributed by atoms with van der Waals surface area (Å²) < 4.78 is 5.41. The van der Waals surface area contributed by atoms with Crippen LogP contribution in [0.5, 0.6) is 5.75 Å². The number of amides is 1. The molecular weight excluding hydrogens is 336 g/mol. The molecule has 0 saturated carbocycles. The Morgan fingerprint density at radius 3 is 2.38 bits per heavy atom. The monoisotopic (exact) mass is 358 g/mol. The maximum absolute atomic E-state index is 11.6. The fraction of sp³-hybridized carbons (Fsp3) is 0.263. The molecule has 2 rings (SSSR count). The lowest BCUT2D eigenvalue weighted by Gasteiger charge is -2.22. The lowest BCUT2D eigenvalue weighted by atomic mass is 10.1. The number of carboxylic acid groups (broad SMARTS) is 1. The number of carbonyl (C=O) groups is 2. The van der Waals surface area contributed by atoms with Crippen molar-refractivity contribution in [3.8, 4) is 5.75 Å². The molecule has 7 nitrogen and oxygen atoms in total. The SMILES string of the molecule is CCOc1ccc(CN(CC(=O)NO)Cc2cccc(C(=O)O)c2)cc1. The average molecular weight is 358 g/mol. The highest BCUT2D eigenvalue weighted by atomic mass is 16.5. The van der Waals surface area contributed by atoms with Crippen LogP contribution in [0.4, 0.5) is 0 Å². The van der Waals surface area contributed by atoms with Gasteiger partial charge in [-0.2, -0.15) is 0 Å². The van der Waals surface area contributed by atoms with Crippen molar-refractivity contribution in [1.29, 1.82) is 0 Å². The number of nitrogens with zero attached hydrogens (tertiary/aromatic N) is 1. The zero-order chi connectivity index (χ0) is 18.9. The van der Waals surface area contributed by atoms with Crippen LogP contribution < -0.4 is 10.2 Å². The van der Waals surface area contributed by atoms with Gasteiger partial charge in [0.1, 0.15) is 5.75 Å². The Balaban J connectivity index is 2.13. The van der Waals surface area contributed by atoms with Gasteiger partial charge in [-0.15, -0.1) is 0 Å². The molecule has 0 heterocycles. The maximum atomic E-state index is 11.6. The van der Waals surface area contributed by atoms with Crippen LogP contribution >= 0.6 is 0 Å². The highest BCUT2D eigenvalue weighted by molar-refractivity contribution is 5.87. The summed E-state index contributed by atoms with van der Waals surface area (Å²) in [6.07, 6.45) is 0. The summed E-state index contributed by atoms with van der Waals surface area (Å²) in [6, 6.07) is 14.1. The lowest BCUT2D eigenvalue weighted by molar-refractivity contribution is -0.130. The Morgan fingerprint density at radius 2 is 1.77 bits per heavy atom. The van der Waals surface area contributed by atoms with Crippen LogP contribution in [0.15, 0.2) is 48.5 Å². The van der Waals surface area contributed by atoms with Gasteiger partial charge in [0.05, 0.1) is 18.7 Å². The van der Waals surface area contributed by atoms with Gasteiger partial charge in [0.15, 0.2) is 0 Å². The van der Waals surface area contributed by atoms with Crippen LogP contribution in [0.2, 0.25) is 0 Å². The molecule has 2 aromatic rings. The van der Waals surface area contributed by atoms with Crippen LogP contribution in [-0.2, 0) is 17.9 Å². The second-order valence-corrected chi connectivity index (χ2v) is 5.76. The number of hydrogen-bond donors (Lipinski definition) is 3. The van der Waals surface area contributed by atoms with E-state index in [0.29, 0.717) is 19.7 Å². The smallest absolute Gasteiger partial charge is 0.335 e. The normalized spacial score (nSPS) is 10.6. The standard InChI is InChI=1S/C19H22N2O5/c1-2-26-17-8-6-14(7-9-17)11-21(13-18(22)20-25)12-15-4-3-5-16(10-15)19(23)24/h3-10,25H,2,11-13H2,1H3,(H,20,22)(H,23,24). The van der Waals surface area contributed by atoms with Crippen molar-refractivity contribution in [2.75, 3.05) is 13.2 Å². The van der Waals surface area contributed by atoms with Crippen molar-refractivity contribution in [2.45, 2.75) is 20.0 Å². The third-order valence-electron chi connectivity index (χ3n) is 3.71. The highest BCUT2D eigenvalue weighted by Crippen LogP contribution is 2.16. The van der Waals surface area contributed by atoms with Crippen molar-refractivity contribution in [3.63, 3.8) is 0 Å². The summed E-state index contributed by atoms with van der Waals surface area (Å²) in [5, 5.41) is 17.9. The lowest BCUT2D eigenvalue weighted by Crippen LogP contribution is -2.35. The Bertz CT molecular complexity index is 746. The predicted octanol–water partition coefficient (Wildman–Crippen LogP) is 2.29. The third kappa shape index (κ3) is 5.87. The number of benzene rings is 2. The minimum absolute atomic E-state index is 0.0268. The molecule has 0 atom stereocenters. The number of nitrogens with one attached hydrogen (secondary N) is 1. The number of hydroxylamine groups is 1. The summed E-state index contributed by atoms with van der Waals surface area (Å²) in [6.45, 7) is 3.29. The van der Waals surface area contributed by atoms with E-state index in [2.05, 4.69) is 0 Å². The molecule has 138 valence electrons. The van der Waals surface area contributed by atoms with Crippen LogP contribution in [-0.4, -0.2) is 40.2 Å². The van der Waals surface area contributed by atoms with Crippen molar-refractivity contribution in [1.82, 2.24) is 10.4 Å². The number of carbonyl (C=O) groups excluding carboxylic acids is 1. The third-order valence-corrected chi connectivity index (χ3v) is 3.71. The Kier molecular flexibility index (Phi) is 7.13. The Labute approximate surface area is 151 Å². The molecule has 0 aliphatic rings. The average Bonchev–Trinajstić information content (AvgIpc) is 2.63. The van der Waals surface area contributed by atoms with Crippen molar-refractivity contribution >= 4 is 11.9 Å². The summed E-state index contributed by atoms with van der Waals surface area (Å²) >= 11 is 0. The molecule has 0 saturated heterocycles. The number of aromatic carboxylic acids is 1. The zero-order valence-corrected chi connectivity index (χ0v) is 14.5. The van der Waals surface area contributed by atoms with Gasteiger partial charge < -0.3 is 9.84 Å². The quantitative estimate of drug-likeness (QED) is 0.470. The van der Waals surface area contributed by atoms with Gasteiger partial charge >= 0.3 is 5.97 Å². The van der Waals surface area contributed by atoms with Gasteiger partial charge in [-0.1, -0.05) is 24.3 Å².